The average molecular weight is 527 g/mol. The van der Waals surface area contributed by atoms with Crippen LogP contribution in [0.4, 0.5) is 10.6 Å². The molecule has 0 aliphatic carbocycles. The summed E-state index contributed by atoms with van der Waals surface area (Å²) >= 11 is 0. The largest absolute Gasteiger partial charge is 0.444 e. The second-order valence-electron chi connectivity index (χ2n) is 11.1. The average Bonchev–Trinajstić information content (AvgIpc) is 3.34. The van der Waals surface area contributed by atoms with Crippen molar-refractivity contribution in [2.75, 3.05) is 18.4 Å². The molecule has 1 aromatic carbocycles. The lowest BCUT2D eigenvalue weighted by Gasteiger charge is -2.33. The molecular weight excluding hydrogens is 492 g/mol. The van der Waals surface area contributed by atoms with Crippen molar-refractivity contribution < 1.29 is 14.3 Å². The van der Waals surface area contributed by atoms with E-state index in [-0.39, 0.29) is 24.3 Å². The van der Waals surface area contributed by atoms with Gasteiger partial charge in [-0.1, -0.05) is 12.1 Å². The summed E-state index contributed by atoms with van der Waals surface area (Å²) in [6, 6.07) is 11.9. The second-order valence-corrected chi connectivity index (χ2v) is 11.1. The van der Waals surface area contributed by atoms with Gasteiger partial charge in [0.2, 0.25) is 0 Å². The predicted octanol–water partition coefficient (Wildman–Crippen LogP) is 5.27. The number of pyridine rings is 2. The lowest BCUT2D eigenvalue weighted by molar-refractivity contribution is 0.0210. The zero-order valence-electron chi connectivity index (χ0n) is 22.8. The Morgan fingerprint density at radius 3 is 2.51 bits per heavy atom. The molecule has 4 heterocycles. The predicted molar refractivity (Wildman–Crippen MR) is 151 cm³/mol. The minimum absolute atomic E-state index is 0.0181. The van der Waals surface area contributed by atoms with Gasteiger partial charge in [-0.05, 0) is 68.8 Å². The normalized spacial score (nSPS) is 14.4. The Morgan fingerprint density at radius 1 is 1.00 bits per heavy atom. The number of ether oxygens (including phenoxy) is 1. The Morgan fingerprint density at radius 2 is 1.79 bits per heavy atom. The van der Waals surface area contributed by atoms with Crippen molar-refractivity contribution in [2.24, 2.45) is 7.05 Å². The van der Waals surface area contributed by atoms with E-state index in [4.69, 9.17) is 4.74 Å². The first-order valence-corrected chi connectivity index (χ1v) is 13.2. The molecule has 39 heavy (non-hydrogen) atoms. The maximum absolute atomic E-state index is 13.2. The van der Waals surface area contributed by atoms with E-state index in [2.05, 4.69) is 32.5 Å². The van der Waals surface area contributed by atoms with Gasteiger partial charge in [0.1, 0.15) is 11.4 Å². The van der Waals surface area contributed by atoms with Gasteiger partial charge in [-0.2, -0.15) is 5.10 Å². The van der Waals surface area contributed by atoms with Gasteiger partial charge in [0.25, 0.3) is 0 Å². The molecule has 0 atom stereocenters. The van der Waals surface area contributed by atoms with Crippen molar-refractivity contribution in [3.05, 3.63) is 72.4 Å². The first-order chi connectivity index (χ1) is 18.6. The van der Waals surface area contributed by atoms with Gasteiger partial charge < -0.3 is 15.0 Å². The summed E-state index contributed by atoms with van der Waals surface area (Å²) in [5, 5.41) is 9.74. The lowest BCUT2D eigenvalue weighted by Crippen LogP contribution is -2.44. The summed E-state index contributed by atoms with van der Waals surface area (Å²) in [5.41, 5.74) is 2.91. The third kappa shape index (κ3) is 6.60. The van der Waals surface area contributed by atoms with Gasteiger partial charge in [-0.25, -0.2) is 9.78 Å². The fraction of sp³-hybridized carbons (Fsp3) is 0.367. The quantitative estimate of drug-likeness (QED) is 0.342. The number of amides is 1. The van der Waals surface area contributed by atoms with Gasteiger partial charge >= 0.3 is 6.09 Å². The standard InChI is InChI=1S/C30H34N6O3/c1-30(2,3)39-29(38)36-11-8-25(9-12-36)34-28-15-21(7-10-31-28)27(37)16-26-14-23-13-20(5-6-22(23)17-32-26)24-18-33-35(4)19-24/h5-7,10,13-15,17-19,25H,8-9,11-12,16H2,1-4H3,(H,31,34). The van der Waals surface area contributed by atoms with Crippen LogP contribution in [0.3, 0.4) is 0 Å². The number of hydrogen-bond donors (Lipinski definition) is 1. The first kappa shape index (κ1) is 26.3. The molecule has 1 fully saturated rings. The van der Waals surface area contributed by atoms with Crippen LogP contribution in [0.1, 0.15) is 49.7 Å². The number of benzene rings is 1. The van der Waals surface area contributed by atoms with E-state index >= 15 is 0 Å². The van der Waals surface area contributed by atoms with E-state index in [0.29, 0.717) is 24.5 Å². The molecule has 9 heteroatoms. The molecule has 0 unspecified atom stereocenters. The molecule has 202 valence electrons. The number of Topliss-reactive ketones (excluding diaryl/α,β-unsaturated/α-hetero) is 1. The highest BCUT2D eigenvalue weighted by Crippen LogP contribution is 2.25. The van der Waals surface area contributed by atoms with Crippen LogP contribution in [0.5, 0.6) is 0 Å². The third-order valence-electron chi connectivity index (χ3n) is 6.74. The number of piperidine rings is 1. The fourth-order valence-corrected chi connectivity index (χ4v) is 4.72. The maximum Gasteiger partial charge on any atom is 0.410 e. The van der Waals surface area contributed by atoms with Crippen molar-refractivity contribution >= 4 is 28.5 Å². The number of nitrogens with one attached hydrogen (secondary N) is 1. The Bertz CT molecular complexity index is 1500. The van der Waals surface area contributed by atoms with Gasteiger partial charge in [0.15, 0.2) is 5.78 Å². The molecule has 3 aromatic heterocycles. The summed E-state index contributed by atoms with van der Waals surface area (Å²) in [4.78, 5) is 36.2. The smallest absolute Gasteiger partial charge is 0.410 e. The number of nitrogens with zero attached hydrogens (tertiary/aromatic N) is 5. The summed E-state index contributed by atoms with van der Waals surface area (Å²) in [7, 11) is 1.90. The van der Waals surface area contributed by atoms with Crippen LogP contribution >= 0.6 is 0 Å². The van der Waals surface area contributed by atoms with Crippen molar-refractivity contribution in [2.45, 2.75) is 51.7 Å². The number of aryl methyl sites for hydroxylation is 1. The number of ketones is 1. The number of fused-ring (bicyclic) bond motifs is 1. The second kappa shape index (κ2) is 10.8. The molecule has 4 aromatic rings. The number of anilines is 1. The van der Waals surface area contributed by atoms with Gasteiger partial charge in [-0.3, -0.25) is 14.5 Å². The highest BCUT2D eigenvalue weighted by molar-refractivity contribution is 5.98. The molecule has 1 N–H and O–H groups in total. The van der Waals surface area contributed by atoms with Gasteiger partial charge in [0, 0.05) is 67.0 Å². The van der Waals surface area contributed by atoms with E-state index in [1.165, 1.54) is 0 Å². The molecule has 9 nitrogen and oxygen atoms in total. The zero-order chi connectivity index (χ0) is 27.6. The SMILES string of the molecule is Cn1cc(-c2ccc3cnc(CC(=O)c4ccnc(NC5CCN(C(=O)OC(C)(C)C)CC5)c4)cc3c2)cn1. The van der Waals surface area contributed by atoms with Crippen molar-refractivity contribution in [3.63, 3.8) is 0 Å². The highest BCUT2D eigenvalue weighted by atomic mass is 16.6. The molecule has 0 bridgehead atoms. The van der Waals surface area contributed by atoms with Crippen LogP contribution in [0.2, 0.25) is 0 Å². The van der Waals surface area contributed by atoms with E-state index < -0.39 is 5.60 Å². The van der Waals surface area contributed by atoms with Crippen molar-refractivity contribution in [3.8, 4) is 11.1 Å². The van der Waals surface area contributed by atoms with Crippen LogP contribution in [0, 0.1) is 0 Å². The molecule has 0 radical (unpaired) electrons. The van der Waals surface area contributed by atoms with Gasteiger partial charge in [-0.15, -0.1) is 0 Å². The minimum atomic E-state index is -0.506. The van der Waals surface area contributed by atoms with E-state index in [0.717, 1.165) is 40.4 Å². The van der Waals surface area contributed by atoms with Crippen LogP contribution in [0.25, 0.3) is 21.9 Å². The fourth-order valence-electron chi connectivity index (χ4n) is 4.72. The molecule has 5 rings (SSSR count). The van der Waals surface area contributed by atoms with E-state index in [1.54, 1.807) is 27.9 Å². The molecule has 1 aliphatic rings. The van der Waals surface area contributed by atoms with Gasteiger partial charge in [0.05, 0.1) is 12.6 Å². The number of carbonyl (C=O) groups is 2. The summed E-state index contributed by atoms with van der Waals surface area (Å²) in [6.45, 7) is 6.83. The molecule has 1 aliphatic heterocycles. The van der Waals surface area contributed by atoms with Crippen molar-refractivity contribution in [1.29, 1.82) is 0 Å². The summed E-state index contributed by atoms with van der Waals surface area (Å²) in [6.07, 6.45) is 8.77. The first-order valence-electron chi connectivity index (χ1n) is 13.2. The topological polar surface area (TPSA) is 102 Å². The zero-order valence-corrected chi connectivity index (χ0v) is 22.8. The monoisotopic (exact) mass is 526 g/mol. The van der Waals surface area contributed by atoms with Crippen LogP contribution in [0.15, 0.2) is 61.2 Å². The number of likely N-dealkylation sites (tertiary alicyclic amines) is 1. The highest BCUT2D eigenvalue weighted by Gasteiger charge is 2.27. The molecule has 0 spiro atoms. The molecule has 1 saturated heterocycles. The van der Waals surface area contributed by atoms with Crippen molar-refractivity contribution in [1.82, 2.24) is 24.6 Å². The van der Waals surface area contributed by atoms with Crippen LogP contribution in [-0.2, 0) is 18.2 Å². The number of rotatable bonds is 6. The molecular formula is C30H34N6O3. The third-order valence-corrected chi connectivity index (χ3v) is 6.74. The number of aromatic nitrogens is 4. The Kier molecular flexibility index (Phi) is 7.32. The van der Waals surface area contributed by atoms with Crippen LogP contribution < -0.4 is 5.32 Å². The lowest BCUT2D eigenvalue weighted by atomic mass is 10.0. The summed E-state index contributed by atoms with van der Waals surface area (Å²) < 4.78 is 7.26. The number of hydrogen-bond acceptors (Lipinski definition) is 7. The minimum Gasteiger partial charge on any atom is -0.444 e. The molecule has 1 amide bonds. The Labute approximate surface area is 228 Å². The maximum atomic E-state index is 13.2. The summed E-state index contributed by atoms with van der Waals surface area (Å²) in [5.74, 6) is 0.639. The Hall–Kier alpha value is -4.27. The van der Waals surface area contributed by atoms with E-state index in [9.17, 15) is 9.59 Å². The van der Waals surface area contributed by atoms with Crippen LogP contribution in [-0.4, -0.2) is 61.3 Å². The number of carbonyl (C=O) groups excluding carboxylic acids is 2. The molecule has 0 saturated carbocycles. The van der Waals surface area contributed by atoms with E-state index in [1.807, 2.05) is 58.5 Å². The Balaban J connectivity index is 1.21.